The third kappa shape index (κ3) is 2.20. The van der Waals surface area contributed by atoms with Gasteiger partial charge < -0.3 is 15.2 Å². The standard InChI is InChI=1S/C16H21N3O/c1-19(2)16(8-5-9-16)11-17-14-10-12-6-3-4-7-13(12)15(20)18-14/h3-4,6-7,10H,5,8-9,11H2,1-2H3,(H2,17,18,20). The number of aromatic nitrogens is 1. The van der Waals surface area contributed by atoms with Crippen molar-refractivity contribution in [3.63, 3.8) is 0 Å². The van der Waals surface area contributed by atoms with E-state index in [1.54, 1.807) is 0 Å². The van der Waals surface area contributed by atoms with Gasteiger partial charge in [-0.15, -0.1) is 0 Å². The van der Waals surface area contributed by atoms with Gasteiger partial charge in [0.1, 0.15) is 5.82 Å². The summed E-state index contributed by atoms with van der Waals surface area (Å²) >= 11 is 0. The summed E-state index contributed by atoms with van der Waals surface area (Å²) in [7, 11) is 4.26. The molecule has 0 unspecified atom stereocenters. The highest BCUT2D eigenvalue weighted by Gasteiger charge is 2.38. The van der Waals surface area contributed by atoms with Gasteiger partial charge in [0, 0.05) is 17.5 Å². The summed E-state index contributed by atoms with van der Waals surface area (Å²) in [4.78, 5) is 17.3. The first-order chi connectivity index (χ1) is 9.61. The topological polar surface area (TPSA) is 48.1 Å². The number of H-pyrrole nitrogens is 1. The second-order valence-electron chi connectivity index (χ2n) is 5.93. The zero-order valence-corrected chi connectivity index (χ0v) is 12.1. The zero-order valence-electron chi connectivity index (χ0n) is 12.1. The van der Waals surface area contributed by atoms with Crippen LogP contribution in [0.3, 0.4) is 0 Å². The van der Waals surface area contributed by atoms with E-state index in [0.29, 0.717) is 0 Å². The predicted octanol–water partition coefficient (Wildman–Crippen LogP) is 2.42. The molecule has 3 rings (SSSR count). The minimum absolute atomic E-state index is 0.0295. The highest BCUT2D eigenvalue weighted by atomic mass is 16.1. The number of pyridine rings is 1. The molecule has 1 aliphatic rings. The maximum atomic E-state index is 12.0. The molecule has 1 aromatic carbocycles. The molecule has 0 bridgehead atoms. The van der Waals surface area contributed by atoms with Crippen molar-refractivity contribution >= 4 is 16.6 Å². The Hall–Kier alpha value is -1.81. The molecule has 0 saturated heterocycles. The van der Waals surface area contributed by atoms with Gasteiger partial charge in [0.15, 0.2) is 0 Å². The van der Waals surface area contributed by atoms with Crippen molar-refractivity contribution in [1.29, 1.82) is 0 Å². The molecule has 0 atom stereocenters. The van der Waals surface area contributed by atoms with E-state index in [9.17, 15) is 4.79 Å². The van der Waals surface area contributed by atoms with Crippen LogP contribution in [-0.4, -0.2) is 36.1 Å². The normalized spacial score (nSPS) is 17.1. The summed E-state index contributed by atoms with van der Waals surface area (Å²) in [6.07, 6.45) is 3.71. The Morgan fingerprint density at radius 2 is 2.05 bits per heavy atom. The van der Waals surface area contributed by atoms with Crippen molar-refractivity contribution in [2.45, 2.75) is 24.8 Å². The second-order valence-corrected chi connectivity index (χ2v) is 5.93. The lowest BCUT2D eigenvalue weighted by atomic mass is 9.75. The minimum atomic E-state index is -0.0295. The number of likely N-dealkylation sites (N-methyl/N-ethyl adjacent to an activating group) is 1. The van der Waals surface area contributed by atoms with Crippen LogP contribution < -0.4 is 10.9 Å². The fourth-order valence-corrected chi connectivity index (χ4v) is 2.93. The summed E-state index contributed by atoms with van der Waals surface area (Å²) in [5.74, 6) is 0.807. The first kappa shape index (κ1) is 13.2. The minimum Gasteiger partial charge on any atom is -0.370 e. The number of aromatic amines is 1. The van der Waals surface area contributed by atoms with Crippen LogP contribution in [0, 0.1) is 0 Å². The third-order valence-electron chi connectivity index (χ3n) is 4.59. The highest BCUT2D eigenvalue weighted by molar-refractivity contribution is 5.83. The molecule has 0 spiro atoms. The van der Waals surface area contributed by atoms with Crippen LogP contribution in [0.4, 0.5) is 5.82 Å². The molecule has 1 fully saturated rings. The molecule has 4 nitrogen and oxygen atoms in total. The molecule has 106 valence electrons. The van der Waals surface area contributed by atoms with Crippen molar-refractivity contribution in [2.24, 2.45) is 0 Å². The fourth-order valence-electron chi connectivity index (χ4n) is 2.93. The quantitative estimate of drug-likeness (QED) is 0.898. The number of fused-ring (bicyclic) bond motifs is 1. The molecule has 0 radical (unpaired) electrons. The van der Waals surface area contributed by atoms with E-state index in [0.717, 1.165) is 23.1 Å². The van der Waals surface area contributed by atoms with Crippen molar-refractivity contribution in [3.05, 3.63) is 40.7 Å². The van der Waals surface area contributed by atoms with Crippen molar-refractivity contribution in [1.82, 2.24) is 9.88 Å². The smallest absolute Gasteiger partial charge is 0.257 e. The third-order valence-corrected chi connectivity index (χ3v) is 4.59. The second kappa shape index (κ2) is 4.94. The maximum Gasteiger partial charge on any atom is 0.257 e. The van der Waals surface area contributed by atoms with Crippen LogP contribution in [0.2, 0.25) is 0 Å². The van der Waals surface area contributed by atoms with Gasteiger partial charge in [-0.3, -0.25) is 4.79 Å². The van der Waals surface area contributed by atoms with Crippen molar-refractivity contribution in [2.75, 3.05) is 26.0 Å². The van der Waals surface area contributed by atoms with Gasteiger partial charge in [-0.25, -0.2) is 0 Å². The number of hydrogen-bond acceptors (Lipinski definition) is 3. The van der Waals surface area contributed by atoms with Gasteiger partial charge in [-0.05, 0) is 50.9 Å². The predicted molar refractivity (Wildman–Crippen MR) is 83.3 cm³/mol. The monoisotopic (exact) mass is 271 g/mol. The maximum absolute atomic E-state index is 12.0. The molecule has 2 N–H and O–H groups in total. The number of hydrogen-bond donors (Lipinski definition) is 2. The first-order valence-corrected chi connectivity index (χ1v) is 7.14. The fraction of sp³-hybridized carbons (Fsp3) is 0.438. The molecule has 0 aliphatic heterocycles. The number of anilines is 1. The summed E-state index contributed by atoms with van der Waals surface area (Å²) < 4.78 is 0. The molecule has 20 heavy (non-hydrogen) atoms. The van der Waals surface area contributed by atoms with Gasteiger partial charge in [0.2, 0.25) is 0 Å². The Bertz CT molecular complexity index is 671. The highest BCUT2D eigenvalue weighted by Crippen LogP contribution is 2.36. The average Bonchev–Trinajstić information content (AvgIpc) is 2.37. The Kier molecular flexibility index (Phi) is 3.26. The summed E-state index contributed by atoms with van der Waals surface area (Å²) in [5, 5.41) is 5.12. The van der Waals surface area contributed by atoms with Crippen LogP contribution >= 0.6 is 0 Å². The summed E-state index contributed by atoms with van der Waals surface area (Å²) in [6, 6.07) is 9.68. The van der Waals surface area contributed by atoms with E-state index < -0.39 is 0 Å². The van der Waals surface area contributed by atoms with E-state index in [2.05, 4.69) is 29.3 Å². The largest absolute Gasteiger partial charge is 0.370 e. The van der Waals surface area contributed by atoms with Crippen molar-refractivity contribution in [3.8, 4) is 0 Å². The molecule has 2 aromatic rings. The first-order valence-electron chi connectivity index (χ1n) is 7.14. The van der Waals surface area contributed by atoms with Crippen LogP contribution in [0.5, 0.6) is 0 Å². The Balaban J connectivity index is 1.83. The number of nitrogens with zero attached hydrogens (tertiary/aromatic N) is 1. The van der Waals surface area contributed by atoms with Crippen molar-refractivity contribution < 1.29 is 0 Å². The van der Waals surface area contributed by atoms with E-state index in [-0.39, 0.29) is 11.1 Å². The Morgan fingerprint density at radius 1 is 1.30 bits per heavy atom. The van der Waals surface area contributed by atoms with Crippen LogP contribution in [0.15, 0.2) is 35.1 Å². The number of rotatable bonds is 4. The van der Waals surface area contributed by atoms with Gasteiger partial charge in [0.25, 0.3) is 5.56 Å². The van der Waals surface area contributed by atoms with Crippen LogP contribution in [0.1, 0.15) is 19.3 Å². The Morgan fingerprint density at radius 3 is 2.70 bits per heavy atom. The molecular weight excluding hydrogens is 250 g/mol. The van der Waals surface area contributed by atoms with E-state index in [1.165, 1.54) is 19.3 Å². The van der Waals surface area contributed by atoms with Gasteiger partial charge in [-0.1, -0.05) is 18.2 Å². The summed E-state index contributed by atoms with van der Waals surface area (Å²) in [5.41, 5.74) is 0.209. The van der Waals surface area contributed by atoms with Gasteiger partial charge in [-0.2, -0.15) is 0 Å². The zero-order chi connectivity index (χ0) is 14.2. The van der Waals surface area contributed by atoms with E-state index in [4.69, 9.17) is 0 Å². The Labute approximate surface area is 118 Å². The molecule has 1 heterocycles. The van der Waals surface area contributed by atoms with Gasteiger partial charge >= 0.3 is 0 Å². The van der Waals surface area contributed by atoms with Crippen LogP contribution in [-0.2, 0) is 0 Å². The van der Waals surface area contributed by atoms with E-state index in [1.807, 2.05) is 30.3 Å². The lowest BCUT2D eigenvalue weighted by molar-refractivity contribution is 0.0738. The molecule has 1 saturated carbocycles. The molecule has 4 heteroatoms. The van der Waals surface area contributed by atoms with E-state index >= 15 is 0 Å². The lowest BCUT2D eigenvalue weighted by Crippen LogP contribution is -2.54. The number of nitrogens with one attached hydrogen (secondary N) is 2. The molecule has 0 amide bonds. The molecule has 1 aliphatic carbocycles. The average molecular weight is 271 g/mol. The lowest BCUT2D eigenvalue weighted by Gasteiger charge is -2.47. The van der Waals surface area contributed by atoms with Gasteiger partial charge in [0.05, 0.1) is 0 Å². The number of benzene rings is 1. The molecular formula is C16H21N3O. The SMILES string of the molecule is CN(C)C1(CNc2cc3ccccc3c(=O)[nH]2)CCC1. The summed E-state index contributed by atoms with van der Waals surface area (Å²) in [6.45, 7) is 0.869. The molecule has 1 aromatic heterocycles. The van der Waals surface area contributed by atoms with Crippen LogP contribution in [0.25, 0.3) is 10.8 Å².